The summed E-state index contributed by atoms with van der Waals surface area (Å²) < 4.78 is 3.50. The van der Waals surface area contributed by atoms with Gasteiger partial charge in [0.25, 0.3) is 0 Å². The number of nitrogen functional groups attached to an aromatic ring is 1. The summed E-state index contributed by atoms with van der Waals surface area (Å²) in [5.74, 6) is -0.783. The van der Waals surface area contributed by atoms with E-state index < -0.39 is 5.97 Å². The lowest BCUT2D eigenvalue weighted by atomic mass is 10.3. The highest BCUT2D eigenvalue weighted by Gasteiger charge is 2.15. The fraction of sp³-hybridized carbons (Fsp3) is 0.100. The van der Waals surface area contributed by atoms with Crippen LogP contribution in [0.15, 0.2) is 27.8 Å². The van der Waals surface area contributed by atoms with Gasteiger partial charge < -0.3 is 10.8 Å². The predicted molar refractivity (Wildman–Crippen MR) is 84.5 cm³/mol. The van der Waals surface area contributed by atoms with E-state index in [0.29, 0.717) is 5.16 Å². The highest BCUT2D eigenvalue weighted by Crippen LogP contribution is 2.28. The molecule has 0 radical (unpaired) electrons. The summed E-state index contributed by atoms with van der Waals surface area (Å²) in [5.41, 5.74) is 6.62. The van der Waals surface area contributed by atoms with Crippen molar-refractivity contribution in [2.45, 2.75) is 5.16 Å². The molecule has 3 N–H and O–H groups in total. The van der Waals surface area contributed by atoms with Crippen LogP contribution in [-0.4, -0.2) is 31.6 Å². The Bertz CT molecular complexity index is 634. The van der Waals surface area contributed by atoms with Crippen molar-refractivity contribution < 1.29 is 9.90 Å². The zero-order valence-electron chi connectivity index (χ0n) is 9.38. The molecule has 9 heteroatoms. The third kappa shape index (κ3) is 3.39. The van der Waals surface area contributed by atoms with Crippen LogP contribution in [0.5, 0.6) is 0 Å². The van der Waals surface area contributed by atoms with Crippen LogP contribution in [0.1, 0.15) is 0 Å². The summed E-state index contributed by atoms with van der Waals surface area (Å²) in [4.78, 5) is 10.6. The van der Waals surface area contributed by atoms with Gasteiger partial charge in [0, 0.05) is 8.04 Å². The Hall–Kier alpha value is -0.810. The first-order chi connectivity index (χ1) is 8.99. The Balaban J connectivity index is 2.46. The van der Waals surface area contributed by atoms with Crippen molar-refractivity contribution in [1.29, 1.82) is 0 Å². The van der Waals surface area contributed by atoms with Crippen molar-refractivity contribution >= 4 is 62.2 Å². The van der Waals surface area contributed by atoms with Gasteiger partial charge in [-0.3, -0.25) is 9.36 Å². The van der Waals surface area contributed by atoms with E-state index in [0.717, 1.165) is 25.5 Å². The molecule has 1 aromatic carbocycles. The number of halogens is 2. The maximum atomic E-state index is 10.6. The summed E-state index contributed by atoms with van der Waals surface area (Å²) in [6.45, 7) is 0. The van der Waals surface area contributed by atoms with E-state index in [-0.39, 0.29) is 11.7 Å². The number of anilines is 1. The number of carboxylic acids is 1. The number of nitrogens with zero attached hydrogens (tertiary/aromatic N) is 3. The van der Waals surface area contributed by atoms with E-state index in [2.05, 4.69) is 48.7 Å². The van der Waals surface area contributed by atoms with Gasteiger partial charge in [0.2, 0.25) is 5.95 Å². The lowest BCUT2D eigenvalue weighted by Gasteiger charge is -2.10. The van der Waals surface area contributed by atoms with Crippen LogP contribution in [0.3, 0.4) is 0 Å². The van der Waals surface area contributed by atoms with Gasteiger partial charge in [0.15, 0.2) is 5.16 Å². The van der Waals surface area contributed by atoms with Crippen molar-refractivity contribution in [2.24, 2.45) is 0 Å². The van der Waals surface area contributed by atoms with E-state index in [1.807, 2.05) is 18.2 Å². The monoisotopic (exact) mass is 454 g/mol. The van der Waals surface area contributed by atoms with Crippen LogP contribution in [-0.2, 0) is 4.79 Å². The number of carboxylic acid groups (broad SMARTS) is 1. The number of rotatable bonds is 4. The van der Waals surface area contributed by atoms with Crippen molar-refractivity contribution in [2.75, 3.05) is 11.5 Å². The summed E-state index contributed by atoms with van der Waals surface area (Å²) in [6, 6.07) is 5.72. The largest absolute Gasteiger partial charge is 0.481 e. The molecule has 0 fully saturated rings. The number of aromatic nitrogens is 3. The Morgan fingerprint density at radius 3 is 2.95 bits per heavy atom. The minimum atomic E-state index is -0.915. The third-order valence-corrected chi connectivity index (χ3v) is 4.45. The molecule has 2 aromatic rings. The molecule has 0 amide bonds. The first kappa shape index (κ1) is 14.6. The quantitative estimate of drug-likeness (QED) is 0.544. The maximum absolute atomic E-state index is 10.6. The van der Waals surface area contributed by atoms with Crippen LogP contribution in [0.25, 0.3) is 5.69 Å². The summed E-state index contributed by atoms with van der Waals surface area (Å²) in [5, 5.41) is 16.9. The second kappa shape index (κ2) is 6.09. The average Bonchev–Trinajstić information content (AvgIpc) is 2.71. The zero-order valence-corrected chi connectivity index (χ0v) is 13.9. The molecule has 1 heterocycles. The van der Waals surface area contributed by atoms with Crippen LogP contribution < -0.4 is 5.73 Å². The fourth-order valence-corrected chi connectivity index (χ4v) is 2.98. The molecule has 0 spiro atoms. The molecule has 0 bridgehead atoms. The van der Waals surface area contributed by atoms with Gasteiger partial charge >= 0.3 is 5.97 Å². The summed E-state index contributed by atoms with van der Waals surface area (Å²) >= 11 is 6.65. The Labute approximate surface area is 135 Å². The molecule has 1 aromatic heterocycles. The first-order valence-corrected chi connectivity index (χ1v) is 7.85. The highest BCUT2D eigenvalue weighted by atomic mass is 127. The highest BCUT2D eigenvalue weighted by molar-refractivity contribution is 14.1. The van der Waals surface area contributed by atoms with Gasteiger partial charge in [-0.2, -0.15) is 0 Å². The Kier molecular flexibility index (Phi) is 4.68. The van der Waals surface area contributed by atoms with Gasteiger partial charge in [-0.1, -0.05) is 27.7 Å². The number of benzene rings is 1. The number of thioether (sulfide) groups is 1. The molecule has 0 atom stereocenters. The van der Waals surface area contributed by atoms with E-state index in [4.69, 9.17) is 10.8 Å². The average molecular weight is 455 g/mol. The minimum Gasteiger partial charge on any atom is -0.481 e. The van der Waals surface area contributed by atoms with Crippen LogP contribution >= 0.6 is 50.3 Å². The number of nitrogens with two attached hydrogens (primary N) is 1. The van der Waals surface area contributed by atoms with Gasteiger partial charge in [0.1, 0.15) is 0 Å². The Morgan fingerprint density at radius 2 is 2.26 bits per heavy atom. The van der Waals surface area contributed by atoms with Crippen molar-refractivity contribution in [3.05, 3.63) is 26.2 Å². The zero-order chi connectivity index (χ0) is 14.0. The van der Waals surface area contributed by atoms with E-state index in [1.54, 1.807) is 4.57 Å². The summed E-state index contributed by atoms with van der Waals surface area (Å²) in [6.07, 6.45) is 0. The van der Waals surface area contributed by atoms with Gasteiger partial charge in [0.05, 0.1) is 11.4 Å². The molecule has 19 heavy (non-hydrogen) atoms. The molecule has 0 unspecified atom stereocenters. The maximum Gasteiger partial charge on any atom is 0.313 e. The van der Waals surface area contributed by atoms with Crippen LogP contribution in [0, 0.1) is 3.57 Å². The topological polar surface area (TPSA) is 94.0 Å². The van der Waals surface area contributed by atoms with E-state index in [1.165, 1.54) is 0 Å². The number of hydrogen-bond acceptors (Lipinski definition) is 5. The SMILES string of the molecule is Nc1nnc(SCC(=O)O)n1-c1cc(Br)ccc1I. The minimum absolute atomic E-state index is 0.0945. The van der Waals surface area contributed by atoms with Crippen molar-refractivity contribution in [1.82, 2.24) is 14.8 Å². The van der Waals surface area contributed by atoms with Crippen molar-refractivity contribution in [3.63, 3.8) is 0 Å². The molecular weight excluding hydrogens is 447 g/mol. The smallest absolute Gasteiger partial charge is 0.313 e. The lowest BCUT2D eigenvalue weighted by Crippen LogP contribution is -2.06. The van der Waals surface area contributed by atoms with E-state index >= 15 is 0 Å². The van der Waals surface area contributed by atoms with Gasteiger partial charge in [-0.25, -0.2) is 0 Å². The molecule has 2 rings (SSSR count). The van der Waals surface area contributed by atoms with Crippen LogP contribution in [0.2, 0.25) is 0 Å². The van der Waals surface area contributed by atoms with Crippen molar-refractivity contribution in [3.8, 4) is 5.69 Å². The van der Waals surface area contributed by atoms with Gasteiger partial charge in [-0.15, -0.1) is 10.2 Å². The normalized spacial score (nSPS) is 10.6. The number of carbonyl (C=O) groups is 1. The second-order valence-electron chi connectivity index (χ2n) is 3.45. The fourth-order valence-electron chi connectivity index (χ4n) is 1.38. The molecule has 0 aliphatic carbocycles. The third-order valence-electron chi connectivity index (χ3n) is 2.13. The Morgan fingerprint density at radius 1 is 1.53 bits per heavy atom. The molecule has 0 saturated heterocycles. The number of aliphatic carboxylic acids is 1. The number of hydrogen-bond donors (Lipinski definition) is 2. The lowest BCUT2D eigenvalue weighted by molar-refractivity contribution is -0.133. The molecule has 0 saturated carbocycles. The molecule has 100 valence electrons. The predicted octanol–water partition coefficient (Wildman–Crippen LogP) is 2.39. The first-order valence-electron chi connectivity index (χ1n) is 5.00. The van der Waals surface area contributed by atoms with Gasteiger partial charge in [-0.05, 0) is 40.8 Å². The second-order valence-corrected chi connectivity index (χ2v) is 6.47. The van der Waals surface area contributed by atoms with Crippen LogP contribution in [0.4, 0.5) is 5.95 Å². The standard InChI is InChI=1S/C10H8BrIN4O2S/c11-5-1-2-6(12)7(3-5)16-9(13)14-15-10(16)19-4-8(17)18/h1-3H,4H2,(H2,13,14)(H,17,18). The molecular formula is C10H8BrIN4O2S. The molecule has 0 aliphatic rings. The van der Waals surface area contributed by atoms with E-state index in [9.17, 15) is 4.79 Å². The molecule has 0 aliphatic heterocycles. The molecule has 6 nitrogen and oxygen atoms in total. The summed E-state index contributed by atoms with van der Waals surface area (Å²) in [7, 11) is 0.